The number of nitrogens with one attached hydrogen (secondary N) is 2. The van der Waals surface area contributed by atoms with E-state index in [0.29, 0.717) is 25.7 Å². The van der Waals surface area contributed by atoms with E-state index in [4.69, 9.17) is 9.84 Å². The van der Waals surface area contributed by atoms with Gasteiger partial charge in [0.1, 0.15) is 23.0 Å². The molecule has 0 aromatic heterocycles. The van der Waals surface area contributed by atoms with Gasteiger partial charge in [0.15, 0.2) is 0 Å². The molecule has 0 aliphatic heterocycles. The Kier molecular flexibility index (Phi) is 6.39. The SMILES string of the molecule is CC(C)(CNC(=O)NC1CCC(C(=O)O)CC1)Oc1cc(F)cc(F)c1. The van der Waals surface area contributed by atoms with Gasteiger partial charge in [-0.15, -0.1) is 0 Å². The smallest absolute Gasteiger partial charge is 0.315 e. The van der Waals surface area contributed by atoms with Crippen molar-refractivity contribution in [3.63, 3.8) is 0 Å². The number of urea groups is 1. The number of ether oxygens (including phenoxy) is 1. The molecule has 2 rings (SSSR count). The summed E-state index contributed by atoms with van der Waals surface area (Å²) in [4.78, 5) is 22.9. The number of carboxylic acids is 1. The Labute approximate surface area is 150 Å². The molecule has 8 heteroatoms. The number of aliphatic carboxylic acids is 1. The van der Waals surface area contributed by atoms with Crippen LogP contribution in [0.4, 0.5) is 13.6 Å². The molecule has 0 saturated heterocycles. The molecule has 26 heavy (non-hydrogen) atoms. The zero-order valence-corrected chi connectivity index (χ0v) is 14.9. The molecule has 0 unspecified atom stereocenters. The van der Waals surface area contributed by atoms with Crippen molar-refractivity contribution in [3.05, 3.63) is 29.8 Å². The normalized spacial score (nSPS) is 20.3. The summed E-state index contributed by atoms with van der Waals surface area (Å²) >= 11 is 0. The lowest BCUT2D eigenvalue weighted by molar-refractivity contribution is -0.142. The average molecular weight is 370 g/mol. The van der Waals surface area contributed by atoms with Crippen LogP contribution in [0.25, 0.3) is 0 Å². The number of carbonyl (C=O) groups is 2. The van der Waals surface area contributed by atoms with Crippen LogP contribution < -0.4 is 15.4 Å². The molecule has 144 valence electrons. The summed E-state index contributed by atoms with van der Waals surface area (Å²) < 4.78 is 32.0. The van der Waals surface area contributed by atoms with Crippen LogP contribution in [0.1, 0.15) is 39.5 Å². The minimum absolute atomic E-state index is 0.0432. The molecule has 1 aliphatic rings. The Bertz CT molecular complexity index is 638. The first kappa shape index (κ1) is 19.9. The molecule has 6 nitrogen and oxygen atoms in total. The molecule has 0 atom stereocenters. The van der Waals surface area contributed by atoms with E-state index in [-0.39, 0.29) is 30.3 Å². The third-order valence-electron chi connectivity index (χ3n) is 4.32. The second-order valence-electron chi connectivity index (χ2n) is 7.18. The van der Waals surface area contributed by atoms with Gasteiger partial charge in [0.2, 0.25) is 0 Å². The highest BCUT2D eigenvalue weighted by atomic mass is 19.1. The third kappa shape index (κ3) is 6.16. The Morgan fingerprint density at radius 2 is 1.73 bits per heavy atom. The Morgan fingerprint density at radius 3 is 2.27 bits per heavy atom. The van der Waals surface area contributed by atoms with Crippen molar-refractivity contribution in [2.24, 2.45) is 5.92 Å². The minimum atomic E-state index is -0.876. The van der Waals surface area contributed by atoms with Crippen LogP contribution in [-0.2, 0) is 4.79 Å². The summed E-state index contributed by atoms with van der Waals surface area (Å²) in [7, 11) is 0. The average Bonchev–Trinajstić information content (AvgIpc) is 2.52. The summed E-state index contributed by atoms with van der Waals surface area (Å²) in [6.07, 6.45) is 2.32. The van der Waals surface area contributed by atoms with E-state index in [1.54, 1.807) is 13.8 Å². The fraction of sp³-hybridized carbons (Fsp3) is 0.556. The topological polar surface area (TPSA) is 87.7 Å². The number of hydrogen-bond donors (Lipinski definition) is 3. The van der Waals surface area contributed by atoms with Gasteiger partial charge in [0.05, 0.1) is 12.5 Å². The van der Waals surface area contributed by atoms with E-state index < -0.39 is 23.2 Å². The second kappa shape index (κ2) is 8.33. The fourth-order valence-corrected chi connectivity index (χ4v) is 2.96. The van der Waals surface area contributed by atoms with Crippen LogP contribution in [0, 0.1) is 17.6 Å². The van der Waals surface area contributed by atoms with E-state index in [1.807, 2.05) is 0 Å². The van der Waals surface area contributed by atoms with E-state index >= 15 is 0 Å². The van der Waals surface area contributed by atoms with Gasteiger partial charge in [-0.25, -0.2) is 13.6 Å². The predicted molar refractivity (Wildman–Crippen MR) is 91.0 cm³/mol. The molecule has 0 spiro atoms. The predicted octanol–water partition coefficient (Wildman–Crippen LogP) is 3.06. The third-order valence-corrected chi connectivity index (χ3v) is 4.32. The van der Waals surface area contributed by atoms with Gasteiger partial charge in [0.25, 0.3) is 0 Å². The molecule has 0 radical (unpaired) electrons. The van der Waals surface area contributed by atoms with Gasteiger partial charge < -0.3 is 20.5 Å². The maximum absolute atomic E-state index is 13.2. The van der Waals surface area contributed by atoms with Crippen molar-refractivity contribution in [3.8, 4) is 5.75 Å². The minimum Gasteiger partial charge on any atom is -0.486 e. The zero-order chi connectivity index (χ0) is 19.3. The van der Waals surface area contributed by atoms with Gasteiger partial charge >= 0.3 is 12.0 Å². The van der Waals surface area contributed by atoms with E-state index in [0.717, 1.165) is 18.2 Å². The number of hydrogen-bond acceptors (Lipinski definition) is 3. The standard InChI is InChI=1S/C18H24F2N2O4/c1-18(2,26-15-8-12(19)7-13(20)9-15)10-21-17(25)22-14-5-3-11(4-6-14)16(23)24/h7-9,11,14H,3-6,10H2,1-2H3,(H,23,24)(H2,21,22,25). The highest BCUT2D eigenvalue weighted by Gasteiger charge is 2.27. The first-order valence-corrected chi connectivity index (χ1v) is 8.57. The number of halogens is 2. The van der Waals surface area contributed by atoms with Crippen LogP contribution in [0.3, 0.4) is 0 Å². The molecule has 1 aromatic carbocycles. The molecule has 0 bridgehead atoms. The van der Waals surface area contributed by atoms with Crippen LogP contribution in [0.5, 0.6) is 5.75 Å². The lowest BCUT2D eigenvalue weighted by atomic mass is 9.86. The Hall–Kier alpha value is -2.38. The quantitative estimate of drug-likeness (QED) is 0.718. The maximum atomic E-state index is 13.2. The molecule has 1 fully saturated rings. The largest absolute Gasteiger partial charge is 0.486 e. The van der Waals surface area contributed by atoms with Crippen molar-refractivity contribution in [1.82, 2.24) is 10.6 Å². The summed E-state index contributed by atoms with van der Waals surface area (Å²) in [5.74, 6) is -2.56. The highest BCUT2D eigenvalue weighted by molar-refractivity contribution is 5.74. The number of rotatable bonds is 6. The maximum Gasteiger partial charge on any atom is 0.315 e. The molecule has 1 saturated carbocycles. The van der Waals surface area contributed by atoms with Crippen molar-refractivity contribution >= 4 is 12.0 Å². The second-order valence-corrected chi connectivity index (χ2v) is 7.18. The molecular formula is C18H24F2N2O4. The van der Waals surface area contributed by atoms with Gasteiger partial charge in [0, 0.05) is 24.2 Å². The number of benzene rings is 1. The first-order chi connectivity index (χ1) is 12.1. The van der Waals surface area contributed by atoms with Crippen LogP contribution in [0.2, 0.25) is 0 Å². The summed E-state index contributed by atoms with van der Waals surface area (Å²) in [5, 5.41) is 14.5. The van der Waals surface area contributed by atoms with E-state index in [1.165, 1.54) is 0 Å². The molecule has 0 heterocycles. The van der Waals surface area contributed by atoms with Crippen LogP contribution in [-0.4, -0.2) is 35.3 Å². The van der Waals surface area contributed by atoms with Crippen molar-refractivity contribution in [2.45, 2.75) is 51.2 Å². The lowest BCUT2D eigenvalue weighted by Crippen LogP contribution is -2.49. The zero-order valence-electron chi connectivity index (χ0n) is 14.9. The molecule has 2 amide bonds. The van der Waals surface area contributed by atoms with E-state index in [2.05, 4.69) is 10.6 Å². The van der Waals surface area contributed by atoms with Gasteiger partial charge in [-0.1, -0.05) is 0 Å². The van der Waals surface area contributed by atoms with Crippen LogP contribution in [0.15, 0.2) is 18.2 Å². The van der Waals surface area contributed by atoms with Crippen molar-refractivity contribution in [2.75, 3.05) is 6.54 Å². The summed E-state index contributed by atoms with van der Waals surface area (Å²) in [5.41, 5.74) is -0.876. The Morgan fingerprint density at radius 1 is 1.15 bits per heavy atom. The number of carbonyl (C=O) groups excluding carboxylic acids is 1. The Balaban J connectivity index is 1.78. The summed E-state index contributed by atoms with van der Waals surface area (Å²) in [6, 6.07) is 2.46. The molecular weight excluding hydrogens is 346 g/mol. The number of amides is 2. The first-order valence-electron chi connectivity index (χ1n) is 8.57. The molecule has 1 aromatic rings. The highest BCUT2D eigenvalue weighted by Crippen LogP contribution is 2.24. The number of carboxylic acid groups (broad SMARTS) is 1. The monoisotopic (exact) mass is 370 g/mol. The van der Waals surface area contributed by atoms with E-state index in [9.17, 15) is 18.4 Å². The van der Waals surface area contributed by atoms with Crippen LogP contribution >= 0.6 is 0 Å². The van der Waals surface area contributed by atoms with Crippen molar-refractivity contribution in [1.29, 1.82) is 0 Å². The van der Waals surface area contributed by atoms with Crippen molar-refractivity contribution < 1.29 is 28.2 Å². The fourth-order valence-electron chi connectivity index (χ4n) is 2.96. The molecule has 1 aliphatic carbocycles. The van der Waals surface area contributed by atoms with Gasteiger partial charge in [-0.05, 0) is 39.5 Å². The van der Waals surface area contributed by atoms with Gasteiger partial charge in [-0.3, -0.25) is 4.79 Å². The lowest BCUT2D eigenvalue weighted by Gasteiger charge is -2.29. The van der Waals surface area contributed by atoms with Gasteiger partial charge in [-0.2, -0.15) is 0 Å². The molecule has 3 N–H and O–H groups in total. The summed E-state index contributed by atoms with van der Waals surface area (Å²) in [6.45, 7) is 3.50.